The number of anilines is 1. The molecule has 1 atom stereocenters. The number of hydrogen-bond donors (Lipinski definition) is 0. The number of benzene rings is 3. The zero-order valence-electron chi connectivity index (χ0n) is 15.1. The summed E-state index contributed by atoms with van der Waals surface area (Å²) in [5, 5.41) is 7.02. The van der Waals surface area contributed by atoms with Crippen LogP contribution in [0.15, 0.2) is 114 Å². The van der Waals surface area contributed by atoms with Gasteiger partial charge in [-0.2, -0.15) is 5.10 Å². The van der Waals surface area contributed by atoms with Gasteiger partial charge in [-0.1, -0.05) is 97.1 Å². The van der Waals surface area contributed by atoms with E-state index in [0.717, 1.165) is 17.8 Å². The van der Waals surface area contributed by atoms with Crippen molar-refractivity contribution in [3.63, 3.8) is 0 Å². The van der Waals surface area contributed by atoms with Crippen LogP contribution in [0.1, 0.15) is 23.6 Å². The van der Waals surface area contributed by atoms with Crippen molar-refractivity contribution in [1.82, 2.24) is 0 Å². The Morgan fingerprint density at radius 1 is 0.704 bits per heavy atom. The Bertz CT molecular complexity index is 941. The largest absolute Gasteiger partial charge is 0.257 e. The van der Waals surface area contributed by atoms with Crippen molar-refractivity contribution >= 4 is 17.5 Å². The van der Waals surface area contributed by atoms with Gasteiger partial charge >= 0.3 is 0 Å². The highest BCUT2D eigenvalue weighted by Gasteiger charge is 2.27. The van der Waals surface area contributed by atoms with Crippen molar-refractivity contribution in [3.05, 3.63) is 120 Å². The van der Waals surface area contributed by atoms with Gasteiger partial charge in [0.05, 0.1) is 17.4 Å². The molecule has 0 aromatic heterocycles. The molecule has 2 nitrogen and oxygen atoms in total. The molecule has 1 unspecified atom stereocenters. The summed E-state index contributed by atoms with van der Waals surface area (Å²) in [6.45, 7) is 0. The van der Waals surface area contributed by atoms with Crippen molar-refractivity contribution in [2.75, 3.05) is 5.01 Å². The topological polar surface area (TPSA) is 15.6 Å². The van der Waals surface area contributed by atoms with Crippen LogP contribution in [0.4, 0.5) is 5.69 Å². The minimum absolute atomic E-state index is 0.228. The van der Waals surface area contributed by atoms with Crippen molar-refractivity contribution < 1.29 is 0 Å². The Morgan fingerprint density at radius 3 is 2.00 bits per heavy atom. The van der Waals surface area contributed by atoms with E-state index in [0.29, 0.717) is 0 Å². The second-order valence-electron chi connectivity index (χ2n) is 6.53. The summed E-state index contributed by atoms with van der Waals surface area (Å²) in [4.78, 5) is 0. The predicted octanol–water partition coefficient (Wildman–Crippen LogP) is 6.26. The quantitative estimate of drug-likeness (QED) is 0.496. The van der Waals surface area contributed by atoms with Gasteiger partial charge < -0.3 is 0 Å². The van der Waals surface area contributed by atoms with Crippen molar-refractivity contribution in [3.8, 4) is 0 Å². The molecule has 0 saturated heterocycles. The Balaban J connectivity index is 1.55. The van der Waals surface area contributed by atoms with E-state index < -0.39 is 0 Å². The Hall–Kier alpha value is -3.39. The van der Waals surface area contributed by atoms with Crippen molar-refractivity contribution in [2.24, 2.45) is 5.10 Å². The van der Waals surface area contributed by atoms with Gasteiger partial charge in [-0.15, -0.1) is 0 Å². The first-order valence-electron chi connectivity index (χ1n) is 9.27. The summed E-state index contributed by atoms with van der Waals surface area (Å²) in [7, 11) is 0. The maximum absolute atomic E-state index is 4.89. The average Bonchev–Trinajstić information content (AvgIpc) is 3.18. The summed E-state index contributed by atoms with van der Waals surface area (Å²) in [5.74, 6) is 0. The summed E-state index contributed by atoms with van der Waals surface area (Å²) in [5.41, 5.74) is 4.69. The summed E-state index contributed by atoms with van der Waals surface area (Å²) in [6, 6.07) is 31.5. The molecule has 1 heterocycles. The molecule has 1 aliphatic heterocycles. The molecule has 27 heavy (non-hydrogen) atoms. The lowest BCUT2D eigenvalue weighted by Gasteiger charge is -2.23. The van der Waals surface area contributed by atoms with Gasteiger partial charge in [0.2, 0.25) is 0 Å². The van der Waals surface area contributed by atoms with E-state index in [9.17, 15) is 0 Å². The van der Waals surface area contributed by atoms with Gasteiger partial charge in [0.25, 0.3) is 0 Å². The lowest BCUT2D eigenvalue weighted by Crippen LogP contribution is -2.18. The van der Waals surface area contributed by atoms with Gasteiger partial charge in [0, 0.05) is 6.42 Å². The standard InChI is InChI=1S/C25H22N2/c1-4-12-21(13-5-1)14-10-11-17-23-20-25(22-15-6-2-7-16-22)27(26-23)24-18-8-3-9-19-24/h1-19,25H,20H2. The number of nitrogens with zero attached hydrogens (tertiary/aromatic N) is 2. The van der Waals surface area contributed by atoms with Crippen molar-refractivity contribution in [1.29, 1.82) is 0 Å². The highest BCUT2D eigenvalue weighted by molar-refractivity contribution is 5.98. The minimum Gasteiger partial charge on any atom is -0.257 e. The van der Waals surface area contributed by atoms with Gasteiger partial charge in [-0.25, -0.2) is 0 Å². The third kappa shape index (κ3) is 4.24. The smallest absolute Gasteiger partial charge is 0.0831 e. The number of allylic oxidation sites excluding steroid dienone is 3. The van der Waals surface area contributed by atoms with Crippen LogP contribution in [0.25, 0.3) is 6.08 Å². The SMILES string of the molecule is C(C=Cc1ccccc1)=CC1=NN(c2ccccc2)C(c2ccccc2)C1. The predicted molar refractivity (Wildman–Crippen MR) is 115 cm³/mol. The normalized spacial score (nSPS) is 17.0. The first-order valence-corrected chi connectivity index (χ1v) is 9.27. The highest BCUT2D eigenvalue weighted by atomic mass is 15.5. The highest BCUT2D eigenvalue weighted by Crippen LogP contribution is 2.35. The Labute approximate surface area is 160 Å². The Morgan fingerprint density at radius 2 is 1.30 bits per heavy atom. The van der Waals surface area contributed by atoms with Gasteiger partial charge in [-0.3, -0.25) is 5.01 Å². The van der Waals surface area contributed by atoms with E-state index in [1.54, 1.807) is 0 Å². The molecule has 0 radical (unpaired) electrons. The van der Waals surface area contributed by atoms with Crippen LogP contribution >= 0.6 is 0 Å². The average molecular weight is 350 g/mol. The third-order valence-corrected chi connectivity index (χ3v) is 4.63. The van der Waals surface area contributed by atoms with Crippen LogP contribution in [0.5, 0.6) is 0 Å². The fraction of sp³-hybridized carbons (Fsp3) is 0.0800. The molecule has 0 aliphatic carbocycles. The molecule has 3 aromatic rings. The molecule has 1 aliphatic rings. The van der Waals surface area contributed by atoms with E-state index in [1.165, 1.54) is 11.1 Å². The number of para-hydroxylation sites is 1. The van der Waals surface area contributed by atoms with Crippen LogP contribution in [-0.4, -0.2) is 5.71 Å². The van der Waals surface area contributed by atoms with Crippen LogP contribution in [0, 0.1) is 0 Å². The monoisotopic (exact) mass is 350 g/mol. The maximum Gasteiger partial charge on any atom is 0.0831 e. The zero-order chi connectivity index (χ0) is 18.3. The molecule has 0 saturated carbocycles. The van der Waals surface area contributed by atoms with Crippen LogP contribution in [0.2, 0.25) is 0 Å². The summed E-state index contributed by atoms with van der Waals surface area (Å²) >= 11 is 0. The van der Waals surface area contributed by atoms with E-state index in [-0.39, 0.29) is 6.04 Å². The van der Waals surface area contributed by atoms with Crippen LogP contribution < -0.4 is 5.01 Å². The molecule has 0 fully saturated rings. The minimum atomic E-state index is 0.228. The molecular formula is C25H22N2. The lowest BCUT2D eigenvalue weighted by atomic mass is 10.0. The zero-order valence-corrected chi connectivity index (χ0v) is 15.1. The molecule has 132 valence electrons. The summed E-state index contributed by atoms with van der Waals surface area (Å²) < 4.78 is 0. The number of hydrogen-bond acceptors (Lipinski definition) is 2. The third-order valence-electron chi connectivity index (χ3n) is 4.63. The second-order valence-corrected chi connectivity index (χ2v) is 6.53. The first-order chi connectivity index (χ1) is 13.4. The molecular weight excluding hydrogens is 328 g/mol. The number of hydrazone groups is 1. The first kappa shape index (κ1) is 17.0. The molecule has 0 bridgehead atoms. The van der Waals surface area contributed by atoms with Gasteiger partial charge in [0.1, 0.15) is 0 Å². The van der Waals surface area contributed by atoms with Crippen LogP contribution in [-0.2, 0) is 0 Å². The molecule has 4 rings (SSSR count). The lowest BCUT2D eigenvalue weighted by molar-refractivity contribution is 0.709. The fourth-order valence-corrected chi connectivity index (χ4v) is 3.28. The fourth-order valence-electron chi connectivity index (χ4n) is 3.28. The Kier molecular flexibility index (Phi) is 5.26. The molecule has 3 aromatic carbocycles. The molecule has 0 amide bonds. The van der Waals surface area contributed by atoms with E-state index >= 15 is 0 Å². The van der Waals surface area contributed by atoms with Gasteiger partial charge in [0.15, 0.2) is 0 Å². The molecule has 2 heteroatoms. The molecule has 0 spiro atoms. The van der Waals surface area contributed by atoms with E-state index in [1.807, 2.05) is 24.3 Å². The maximum atomic E-state index is 4.89. The van der Waals surface area contributed by atoms with Crippen molar-refractivity contribution in [2.45, 2.75) is 12.5 Å². The van der Waals surface area contributed by atoms with Crippen LogP contribution in [0.3, 0.4) is 0 Å². The van der Waals surface area contributed by atoms with E-state index in [2.05, 4.69) is 96.0 Å². The second kappa shape index (κ2) is 8.33. The number of rotatable bonds is 5. The van der Waals surface area contributed by atoms with Gasteiger partial charge in [-0.05, 0) is 29.3 Å². The van der Waals surface area contributed by atoms with E-state index in [4.69, 9.17) is 5.10 Å². The summed E-state index contributed by atoms with van der Waals surface area (Å²) in [6.07, 6.45) is 9.26. The molecule has 0 N–H and O–H groups in total.